The van der Waals surface area contributed by atoms with Crippen molar-refractivity contribution in [3.63, 3.8) is 0 Å². The molecular formula is C36H37BrN9O4P. The van der Waals surface area contributed by atoms with Gasteiger partial charge in [0.25, 0.3) is 0 Å². The molecule has 13 nitrogen and oxygen atoms in total. The van der Waals surface area contributed by atoms with E-state index < -0.39 is 7.14 Å². The number of aryl methyl sites for hydroxylation is 1. The number of hydrogen-bond acceptors (Lipinski definition) is 12. The summed E-state index contributed by atoms with van der Waals surface area (Å²) in [5, 5.41) is 12.0. The van der Waals surface area contributed by atoms with Crippen molar-refractivity contribution in [1.82, 2.24) is 34.6 Å². The molecule has 3 aromatic heterocycles. The molecule has 51 heavy (non-hydrogen) atoms. The van der Waals surface area contributed by atoms with Crippen molar-refractivity contribution >= 4 is 62.6 Å². The van der Waals surface area contributed by atoms with Gasteiger partial charge in [-0.15, -0.1) is 0 Å². The molecule has 3 aromatic carbocycles. The molecule has 0 radical (unpaired) electrons. The van der Waals surface area contributed by atoms with Crippen LogP contribution < -0.4 is 30.1 Å². The van der Waals surface area contributed by atoms with Crippen molar-refractivity contribution in [2.24, 2.45) is 7.05 Å². The van der Waals surface area contributed by atoms with Gasteiger partial charge in [-0.2, -0.15) is 10.1 Å². The van der Waals surface area contributed by atoms with Crippen LogP contribution in [0.2, 0.25) is 0 Å². The number of benzene rings is 3. The average molecular weight is 771 g/mol. The first kappa shape index (κ1) is 34.4. The number of methoxy groups -OCH3 is 3. The van der Waals surface area contributed by atoms with Crippen LogP contribution in [-0.4, -0.2) is 69.3 Å². The van der Waals surface area contributed by atoms with Gasteiger partial charge in [0.2, 0.25) is 5.95 Å². The number of nitrogens with zero attached hydrogens (tertiary/aromatic N) is 7. The van der Waals surface area contributed by atoms with E-state index in [0.29, 0.717) is 69.3 Å². The quantitative estimate of drug-likeness (QED) is 0.141. The molecule has 0 spiro atoms. The van der Waals surface area contributed by atoms with Crippen LogP contribution in [-0.2, 0) is 31.2 Å². The number of anilines is 4. The van der Waals surface area contributed by atoms with E-state index in [9.17, 15) is 4.57 Å². The molecular weight excluding hydrogens is 733 g/mol. The molecule has 0 saturated carbocycles. The highest BCUT2D eigenvalue weighted by atomic mass is 79.9. The molecule has 15 heteroatoms. The van der Waals surface area contributed by atoms with Crippen molar-refractivity contribution in [1.29, 1.82) is 0 Å². The Kier molecular flexibility index (Phi) is 9.40. The maximum atomic E-state index is 13.5. The summed E-state index contributed by atoms with van der Waals surface area (Å²) < 4.78 is 33.1. The van der Waals surface area contributed by atoms with Crippen LogP contribution in [0.1, 0.15) is 16.8 Å². The third kappa shape index (κ3) is 6.86. The highest BCUT2D eigenvalue weighted by molar-refractivity contribution is 9.10. The molecule has 2 N–H and O–H groups in total. The van der Waals surface area contributed by atoms with Gasteiger partial charge in [0, 0.05) is 62.5 Å². The Morgan fingerprint density at radius 2 is 1.67 bits per heavy atom. The first-order valence-corrected chi connectivity index (χ1v) is 19.5. The summed E-state index contributed by atoms with van der Waals surface area (Å²) in [5.41, 5.74) is 7.88. The molecule has 0 atom stereocenters. The number of nitrogens with one attached hydrogen (secondary N) is 2. The number of hydrogen-bond donors (Lipinski definition) is 2. The molecule has 6 aromatic rings. The van der Waals surface area contributed by atoms with E-state index in [1.165, 1.54) is 0 Å². The number of ether oxygens (including phenoxy) is 3. The third-order valence-corrected chi connectivity index (χ3v) is 10.9. The average Bonchev–Trinajstić information content (AvgIpc) is 3.40. The Morgan fingerprint density at radius 3 is 2.43 bits per heavy atom. The zero-order valence-electron chi connectivity index (χ0n) is 29.1. The Hall–Kier alpha value is -5.04. The van der Waals surface area contributed by atoms with E-state index in [4.69, 9.17) is 19.2 Å². The number of halogens is 1. The highest BCUT2D eigenvalue weighted by Crippen LogP contribution is 2.43. The second-order valence-corrected chi connectivity index (χ2v) is 16.5. The minimum atomic E-state index is -2.78. The number of rotatable bonds is 10. The molecule has 4 heterocycles. The van der Waals surface area contributed by atoms with Gasteiger partial charge >= 0.3 is 0 Å². The molecule has 262 valence electrons. The zero-order valence-corrected chi connectivity index (χ0v) is 31.5. The number of aromatic nitrogens is 6. The summed E-state index contributed by atoms with van der Waals surface area (Å²) in [5.74, 6) is 2.98. The van der Waals surface area contributed by atoms with Gasteiger partial charge < -0.3 is 29.4 Å². The van der Waals surface area contributed by atoms with Gasteiger partial charge in [0.1, 0.15) is 35.7 Å². The smallest absolute Gasteiger partial charge is 0.229 e. The minimum absolute atomic E-state index is 0.338. The Balaban J connectivity index is 1.22. The normalized spacial score (nSPS) is 12.9. The summed E-state index contributed by atoms with van der Waals surface area (Å²) in [6, 6.07) is 13.7. The van der Waals surface area contributed by atoms with Gasteiger partial charge in [0.05, 0.1) is 59.9 Å². The van der Waals surface area contributed by atoms with Gasteiger partial charge in [-0.25, -0.2) is 4.98 Å². The molecule has 0 fully saturated rings. The summed E-state index contributed by atoms with van der Waals surface area (Å²) in [4.78, 5) is 20.6. The first-order chi connectivity index (χ1) is 24.6. The van der Waals surface area contributed by atoms with Crippen molar-refractivity contribution in [2.45, 2.75) is 19.6 Å². The van der Waals surface area contributed by atoms with E-state index in [2.05, 4.69) is 63.6 Å². The van der Waals surface area contributed by atoms with Crippen LogP contribution in [0.5, 0.6) is 17.2 Å². The van der Waals surface area contributed by atoms with Gasteiger partial charge in [-0.3, -0.25) is 19.5 Å². The molecule has 0 unspecified atom stereocenters. The SMILES string of the molecule is COc1ccc(CN2Cc3cc(OC)c(Nc4ncc(Br)c(Nc5ccc6nccnc6c5P(C)(C)=O)n4)cc3-c3cnn(C)c3C2)c(OC)c1. The Morgan fingerprint density at radius 1 is 0.863 bits per heavy atom. The largest absolute Gasteiger partial charge is 0.497 e. The summed E-state index contributed by atoms with van der Waals surface area (Å²) >= 11 is 3.58. The van der Waals surface area contributed by atoms with E-state index in [0.717, 1.165) is 39.4 Å². The maximum Gasteiger partial charge on any atom is 0.229 e. The van der Waals surface area contributed by atoms with Gasteiger partial charge in [-0.05, 0) is 70.7 Å². The molecule has 0 aliphatic carbocycles. The monoisotopic (exact) mass is 769 g/mol. The third-order valence-electron chi connectivity index (χ3n) is 8.83. The predicted octanol–water partition coefficient (Wildman–Crippen LogP) is 6.86. The molecule has 0 bridgehead atoms. The van der Waals surface area contributed by atoms with Crippen LogP contribution in [0.25, 0.3) is 22.2 Å². The minimum Gasteiger partial charge on any atom is -0.497 e. The lowest BCUT2D eigenvalue weighted by Gasteiger charge is -2.23. The fraction of sp³-hybridized carbons (Fsp3) is 0.250. The molecule has 7 rings (SSSR count). The van der Waals surface area contributed by atoms with Crippen molar-refractivity contribution in [3.8, 4) is 28.4 Å². The lowest BCUT2D eigenvalue weighted by molar-refractivity contribution is 0.239. The summed E-state index contributed by atoms with van der Waals surface area (Å²) in [6.07, 6.45) is 6.80. The predicted molar refractivity (Wildman–Crippen MR) is 203 cm³/mol. The summed E-state index contributed by atoms with van der Waals surface area (Å²) in [6.45, 7) is 5.43. The standard InChI is InChI=1S/C36H37BrN9O4P/c1-45-30-20-46(18-21-7-8-23(48-2)14-31(21)49-3)19-22-13-32(50-4)29(15-24(22)25(30)16-41-45)43-36-40-17-26(37)35(44-36)42-28-10-9-27-33(39-12-11-38-27)34(28)51(5,6)47/h7-17H,18-20H2,1-6H3,(H2,40,42,43,44). The lowest BCUT2D eigenvalue weighted by atomic mass is 9.99. The first-order valence-electron chi connectivity index (χ1n) is 16.1. The fourth-order valence-electron chi connectivity index (χ4n) is 6.42. The fourth-order valence-corrected chi connectivity index (χ4v) is 8.10. The van der Waals surface area contributed by atoms with E-state index in [-0.39, 0.29) is 0 Å². The maximum absolute atomic E-state index is 13.5. The molecule has 0 amide bonds. The molecule has 1 aliphatic rings. The van der Waals surface area contributed by atoms with Crippen LogP contribution in [0, 0.1) is 0 Å². The lowest BCUT2D eigenvalue weighted by Crippen LogP contribution is -2.23. The topological polar surface area (TPSA) is 141 Å². The van der Waals surface area contributed by atoms with Crippen molar-refractivity contribution in [3.05, 3.63) is 88.5 Å². The van der Waals surface area contributed by atoms with Crippen molar-refractivity contribution in [2.75, 3.05) is 45.3 Å². The molecule has 1 aliphatic heterocycles. The van der Waals surface area contributed by atoms with Gasteiger partial charge in [-0.1, -0.05) is 6.07 Å². The number of fused-ring (bicyclic) bond motifs is 4. The van der Waals surface area contributed by atoms with E-state index in [1.54, 1.807) is 53.2 Å². The zero-order chi connectivity index (χ0) is 35.9. The van der Waals surface area contributed by atoms with Gasteiger partial charge in [0.15, 0.2) is 0 Å². The Labute approximate surface area is 303 Å². The second kappa shape index (κ2) is 13.9. The second-order valence-electron chi connectivity index (χ2n) is 12.5. The Bertz CT molecular complexity index is 2330. The van der Waals surface area contributed by atoms with E-state index in [1.807, 2.05) is 48.3 Å². The van der Waals surface area contributed by atoms with Crippen molar-refractivity contribution < 1.29 is 18.8 Å². The summed E-state index contributed by atoms with van der Waals surface area (Å²) in [7, 11) is 4.15. The molecule has 0 saturated heterocycles. The highest BCUT2D eigenvalue weighted by Gasteiger charge is 2.26. The van der Waals surface area contributed by atoms with Crippen LogP contribution in [0.15, 0.2) is 71.7 Å². The van der Waals surface area contributed by atoms with Crippen LogP contribution >= 0.6 is 23.1 Å². The van der Waals surface area contributed by atoms with Crippen LogP contribution in [0.3, 0.4) is 0 Å². The van der Waals surface area contributed by atoms with Crippen LogP contribution in [0.4, 0.5) is 23.1 Å². The van der Waals surface area contributed by atoms with E-state index >= 15 is 0 Å².